The highest BCUT2D eigenvalue weighted by Gasteiger charge is 2.35. The van der Waals surface area contributed by atoms with E-state index in [1.54, 1.807) is 38.1 Å². The SMILES string of the molecule is CC1=NN(c2ccc(F)c(C)c2)C(=O)C1N=Nc1cccc(-c2cccc(C3N=NN=N3)c2)c1O. The topological polar surface area (TPSA) is 127 Å². The van der Waals surface area contributed by atoms with Crippen molar-refractivity contribution in [2.24, 2.45) is 36.0 Å². The van der Waals surface area contributed by atoms with Gasteiger partial charge in [0.25, 0.3) is 5.91 Å². The molecule has 2 aliphatic heterocycles. The normalized spacial score (nSPS) is 17.7. The minimum absolute atomic E-state index is 0.0888. The van der Waals surface area contributed by atoms with Gasteiger partial charge in [-0.2, -0.15) is 20.3 Å². The van der Waals surface area contributed by atoms with Crippen LogP contribution in [0, 0.1) is 12.7 Å². The predicted octanol–water partition coefficient (Wildman–Crippen LogP) is 6.21. The van der Waals surface area contributed by atoms with Crippen LogP contribution in [0.4, 0.5) is 15.8 Å². The number of anilines is 1. The first kappa shape index (κ1) is 22.1. The van der Waals surface area contributed by atoms with Gasteiger partial charge in [-0.3, -0.25) is 4.79 Å². The number of benzene rings is 3. The minimum atomic E-state index is -0.954. The van der Waals surface area contributed by atoms with Crippen molar-refractivity contribution in [2.45, 2.75) is 26.1 Å². The molecule has 1 atom stereocenters. The first-order valence-electron chi connectivity index (χ1n) is 10.7. The van der Waals surface area contributed by atoms with Gasteiger partial charge in [0, 0.05) is 11.1 Å². The summed E-state index contributed by atoms with van der Waals surface area (Å²) in [4.78, 5) is 12.9. The Labute approximate surface area is 199 Å². The lowest BCUT2D eigenvalue weighted by Gasteiger charge is -2.13. The fourth-order valence-electron chi connectivity index (χ4n) is 3.77. The lowest BCUT2D eigenvalue weighted by atomic mass is 10.0. The van der Waals surface area contributed by atoms with Crippen LogP contribution in [0.1, 0.15) is 24.2 Å². The molecule has 5 rings (SSSR count). The summed E-state index contributed by atoms with van der Waals surface area (Å²) >= 11 is 0. The molecule has 0 bridgehead atoms. The minimum Gasteiger partial charge on any atom is -0.505 e. The number of nitrogens with zero attached hydrogens (tertiary/aromatic N) is 8. The summed E-state index contributed by atoms with van der Waals surface area (Å²) in [6.45, 7) is 3.28. The maximum absolute atomic E-state index is 13.6. The maximum Gasteiger partial charge on any atom is 0.280 e. The number of halogens is 1. The van der Waals surface area contributed by atoms with Crippen molar-refractivity contribution < 1.29 is 14.3 Å². The highest BCUT2D eigenvalue weighted by molar-refractivity contribution is 6.18. The third kappa shape index (κ3) is 4.19. The summed E-state index contributed by atoms with van der Waals surface area (Å²) in [7, 11) is 0. The number of carbonyl (C=O) groups excluding carboxylic acids is 1. The third-order valence-corrected chi connectivity index (χ3v) is 5.64. The van der Waals surface area contributed by atoms with Gasteiger partial charge in [-0.25, -0.2) is 4.39 Å². The zero-order valence-corrected chi connectivity index (χ0v) is 18.7. The van der Waals surface area contributed by atoms with Gasteiger partial charge in [-0.15, -0.1) is 10.2 Å². The number of hydrogen-bond donors (Lipinski definition) is 1. The fraction of sp³-hybridized carbons (Fsp3) is 0.167. The van der Waals surface area contributed by atoms with E-state index >= 15 is 0 Å². The van der Waals surface area contributed by atoms with Crippen molar-refractivity contribution >= 4 is 23.0 Å². The lowest BCUT2D eigenvalue weighted by molar-refractivity contribution is -0.117. The summed E-state index contributed by atoms with van der Waals surface area (Å²) < 4.78 is 13.6. The third-order valence-electron chi connectivity index (χ3n) is 5.64. The van der Waals surface area contributed by atoms with Crippen LogP contribution < -0.4 is 5.01 Å². The molecule has 0 saturated carbocycles. The van der Waals surface area contributed by atoms with Crippen molar-refractivity contribution in [3.63, 3.8) is 0 Å². The fourth-order valence-corrected chi connectivity index (χ4v) is 3.77. The Bertz CT molecular complexity index is 1440. The number of para-hydroxylation sites is 1. The molecule has 3 aromatic carbocycles. The van der Waals surface area contributed by atoms with Crippen LogP contribution in [0.25, 0.3) is 11.1 Å². The molecular formula is C24H19FN8O2. The molecule has 0 aromatic heterocycles. The Morgan fingerprint density at radius 1 is 1.00 bits per heavy atom. The van der Waals surface area contributed by atoms with Crippen LogP contribution in [0.5, 0.6) is 5.75 Å². The van der Waals surface area contributed by atoms with Gasteiger partial charge < -0.3 is 5.11 Å². The lowest BCUT2D eigenvalue weighted by Crippen LogP contribution is -2.29. The van der Waals surface area contributed by atoms with Gasteiger partial charge in [-0.1, -0.05) is 30.3 Å². The number of aromatic hydroxyl groups is 1. The molecule has 35 heavy (non-hydrogen) atoms. The summed E-state index contributed by atoms with van der Waals surface area (Å²) in [5, 5.41) is 39.6. The Morgan fingerprint density at radius 2 is 1.77 bits per heavy atom. The van der Waals surface area contributed by atoms with Crippen molar-refractivity contribution in [3.8, 4) is 16.9 Å². The van der Waals surface area contributed by atoms with Crippen molar-refractivity contribution in [1.82, 2.24) is 0 Å². The molecule has 0 fully saturated rings. The molecule has 0 radical (unpaired) electrons. The predicted molar refractivity (Wildman–Crippen MR) is 126 cm³/mol. The van der Waals surface area contributed by atoms with E-state index < -0.39 is 18.1 Å². The highest BCUT2D eigenvalue weighted by atomic mass is 19.1. The highest BCUT2D eigenvalue weighted by Crippen LogP contribution is 2.39. The standard InChI is InChI=1S/C24H19FN8O2/c1-13-11-17(9-10-19(13)25)33-24(35)21(14(2)30-33)27-26-20-8-4-7-18(22(20)34)15-5-3-6-16(12-15)23-28-31-32-29-23/h3-12,21,23,34H,1-2H3. The van der Waals surface area contributed by atoms with Crippen LogP contribution in [0.15, 0.2) is 96.7 Å². The summed E-state index contributed by atoms with van der Waals surface area (Å²) in [5.74, 6) is -0.870. The van der Waals surface area contributed by atoms with E-state index in [4.69, 9.17) is 0 Å². The van der Waals surface area contributed by atoms with Crippen LogP contribution in [-0.4, -0.2) is 22.8 Å². The maximum atomic E-state index is 13.6. The molecule has 2 heterocycles. The first-order valence-corrected chi connectivity index (χ1v) is 10.7. The van der Waals surface area contributed by atoms with Crippen LogP contribution in [0.2, 0.25) is 0 Å². The number of azo groups is 1. The van der Waals surface area contributed by atoms with Gasteiger partial charge in [0.15, 0.2) is 11.8 Å². The van der Waals surface area contributed by atoms with E-state index in [9.17, 15) is 14.3 Å². The van der Waals surface area contributed by atoms with E-state index in [0.717, 1.165) is 11.1 Å². The average molecular weight is 470 g/mol. The van der Waals surface area contributed by atoms with Gasteiger partial charge in [0.2, 0.25) is 6.17 Å². The Morgan fingerprint density at radius 3 is 2.54 bits per heavy atom. The smallest absolute Gasteiger partial charge is 0.280 e. The molecule has 1 amide bonds. The van der Waals surface area contributed by atoms with Crippen LogP contribution >= 0.6 is 0 Å². The Balaban J connectivity index is 1.40. The van der Waals surface area contributed by atoms with Gasteiger partial charge in [0.1, 0.15) is 11.5 Å². The molecule has 10 nitrogen and oxygen atoms in total. The second-order valence-corrected chi connectivity index (χ2v) is 8.03. The monoisotopic (exact) mass is 470 g/mol. The second-order valence-electron chi connectivity index (χ2n) is 8.03. The van der Waals surface area contributed by atoms with Crippen LogP contribution in [-0.2, 0) is 4.79 Å². The van der Waals surface area contributed by atoms with E-state index in [2.05, 4.69) is 36.0 Å². The van der Waals surface area contributed by atoms with E-state index in [-0.39, 0.29) is 17.3 Å². The largest absolute Gasteiger partial charge is 0.505 e. The summed E-state index contributed by atoms with van der Waals surface area (Å²) in [5.41, 5.74) is 3.51. The molecule has 0 spiro atoms. The average Bonchev–Trinajstić information content (AvgIpc) is 3.49. The molecule has 1 N–H and O–H groups in total. The number of amides is 1. The van der Waals surface area contributed by atoms with Crippen molar-refractivity contribution in [3.05, 3.63) is 77.6 Å². The first-order chi connectivity index (χ1) is 16.9. The molecule has 1 unspecified atom stereocenters. The second kappa shape index (κ2) is 8.93. The number of phenols is 1. The Hall–Kier alpha value is -4.67. The zero-order chi connectivity index (χ0) is 24.5. The van der Waals surface area contributed by atoms with E-state index in [1.807, 2.05) is 24.3 Å². The number of aryl methyl sites for hydroxylation is 1. The van der Waals surface area contributed by atoms with Crippen molar-refractivity contribution in [1.29, 1.82) is 0 Å². The number of rotatable bonds is 5. The number of hydrazone groups is 1. The van der Waals surface area contributed by atoms with Gasteiger partial charge in [-0.05, 0) is 65.8 Å². The summed E-state index contributed by atoms with van der Waals surface area (Å²) in [6.07, 6.45) is -0.511. The number of hydrogen-bond acceptors (Lipinski definition) is 9. The molecular weight excluding hydrogens is 451 g/mol. The van der Waals surface area contributed by atoms with Gasteiger partial charge >= 0.3 is 0 Å². The van der Waals surface area contributed by atoms with E-state index in [1.165, 1.54) is 17.1 Å². The zero-order valence-electron chi connectivity index (χ0n) is 18.7. The number of phenolic OH excluding ortho intramolecular Hbond substituents is 1. The molecule has 2 aliphatic rings. The van der Waals surface area contributed by atoms with Crippen molar-refractivity contribution in [2.75, 3.05) is 5.01 Å². The quantitative estimate of drug-likeness (QED) is 0.445. The molecule has 3 aromatic rings. The summed E-state index contributed by atoms with van der Waals surface area (Å²) in [6, 6.07) is 15.8. The number of carbonyl (C=O) groups is 1. The molecule has 0 aliphatic carbocycles. The molecule has 174 valence electrons. The van der Waals surface area contributed by atoms with Crippen LogP contribution in [0.3, 0.4) is 0 Å². The van der Waals surface area contributed by atoms with Gasteiger partial charge in [0.05, 0.1) is 11.4 Å². The Kier molecular flexibility index (Phi) is 5.65. The molecule has 0 saturated heterocycles. The molecule has 11 heteroatoms. The van der Waals surface area contributed by atoms with E-state index in [0.29, 0.717) is 22.5 Å².